The van der Waals surface area contributed by atoms with Gasteiger partial charge < -0.3 is 5.32 Å². The summed E-state index contributed by atoms with van der Waals surface area (Å²) in [6.45, 7) is 3.91. The molecule has 0 saturated carbocycles. The number of amides is 1. The Kier molecular flexibility index (Phi) is 4.97. The monoisotopic (exact) mass is 305 g/mol. The van der Waals surface area contributed by atoms with Crippen molar-refractivity contribution in [1.82, 2.24) is 5.32 Å². The van der Waals surface area contributed by atoms with E-state index in [9.17, 15) is 9.18 Å². The van der Waals surface area contributed by atoms with Crippen molar-refractivity contribution in [3.05, 3.63) is 70.0 Å². The van der Waals surface area contributed by atoms with Crippen LogP contribution in [-0.2, 0) is 11.2 Å². The van der Waals surface area contributed by atoms with E-state index < -0.39 is 5.82 Å². The first-order valence-corrected chi connectivity index (χ1v) is 7.13. The molecule has 4 heteroatoms. The molecule has 2 nitrogen and oxygen atoms in total. The normalized spacial score (nSPS) is 12.0. The van der Waals surface area contributed by atoms with E-state index in [1.54, 1.807) is 6.07 Å². The van der Waals surface area contributed by atoms with Gasteiger partial charge in [0, 0.05) is 5.02 Å². The molecule has 21 heavy (non-hydrogen) atoms. The Labute approximate surface area is 128 Å². The predicted octanol–water partition coefficient (Wildman–Crippen LogP) is 4.21. The van der Waals surface area contributed by atoms with Gasteiger partial charge in [0.15, 0.2) is 0 Å². The lowest BCUT2D eigenvalue weighted by molar-refractivity contribution is -0.121. The number of carbonyl (C=O) groups is 1. The van der Waals surface area contributed by atoms with Crippen LogP contribution < -0.4 is 5.32 Å². The average molecular weight is 306 g/mol. The molecule has 0 aliphatic heterocycles. The second-order valence-corrected chi connectivity index (χ2v) is 5.55. The topological polar surface area (TPSA) is 29.1 Å². The molecule has 2 rings (SSSR count). The summed E-state index contributed by atoms with van der Waals surface area (Å²) in [4.78, 5) is 12.0. The summed E-state index contributed by atoms with van der Waals surface area (Å²) in [6, 6.07) is 12.2. The first-order valence-electron chi connectivity index (χ1n) is 6.75. The average Bonchev–Trinajstić information content (AvgIpc) is 2.42. The highest BCUT2D eigenvalue weighted by atomic mass is 35.5. The van der Waals surface area contributed by atoms with Gasteiger partial charge in [-0.15, -0.1) is 0 Å². The molecule has 1 N–H and O–H groups in total. The van der Waals surface area contributed by atoms with E-state index in [1.165, 1.54) is 17.7 Å². The van der Waals surface area contributed by atoms with E-state index in [2.05, 4.69) is 5.32 Å². The van der Waals surface area contributed by atoms with Gasteiger partial charge in [0.05, 0.1) is 12.5 Å². The Morgan fingerprint density at radius 1 is 1.24 bits per heavy atom. The number of aryl methyl sites for hydroxylation is 1. The fourth-order valence-electron chi connectivity index (χ4n) is 2.07. The first-order chi connectivity index (χ1) is 9.95. The van der Waals surface area contributed by atoms with Gasteiger partial charge in [-0.2, -0.15) is 0 Å². The summed E-state index contributed by atoms with van der Waals surface area (Å²) in [7, 11) is 0. The molecule has 2 aromatic rings. The van der Waals surface area contributed by atoms with Crippen LogP contribution >= 0.6 is 11.6 Å². The Balaban J connectivity index is 1.99. The van der Waals surface area contributed by atoms with Crippen molar-refractivity contribution in [3.8, 4) is 0 Å². The summed E-state index contributed by atoms with van der Waals surface area (Å²) in [5, 5.41) is 3.19. The minimum atomic E-state index is -0.458. The lowest BCUT2D eigenvalue weighted by atomic mass is 10.1. The van der Waals surface area contributed by atoms with Gasteiger partial charge in [-0.25, -0.2) is 4.39 Å². The van der Waals surface area contributed by atoms with Crippen LogP contribution in [0.1, 0.15) is 29.7 Å². The minimum absolute atomic E-state index is 0.000790. The fraction of sp³-hybridized carbons (Fsp3) is 0.235. The van der Waals surface area contributed by atoms with E-state index in [0.717, 1.165) is 5.56 Å². The Bertz CT molecular complexity index is 640. The second kappa shape index (κ2) is 6.72. The van der Waals surface area contributed by atoms with Crippen LogP contribution in [0.5, 0.6) is 0 Å². The molecule has 0 aromatic heterocycles. The predicted molar refractivity (Wildman–Crippen MR) is 82.9 cm³/mol. The zero-order chi connectivity index (χ0) is 15.4. The van der Waals surface area contributed by atoms with Gasteiger partial charge in [0.1, 0.15) is 5.82 Å². The highest BCUT2D eigenvalue weighted by Gasteiger charge is 2.12. The number of carbonyl (C=O) groups excluding carboxylic acids is 1. The van der Waals surface area contributed by atoms with Crippen molar-refractivity contribution >= 4 is 17.5 Å². The zero-order valence-corrected chi connectivity index (χ0v) is 12.7. The van der Waals surface area contributed by atoms with Crippen LogP contribution in [0.4, 0.5) is 4.39 Å². The number of rotatable bonds is 4. The quantitative estimate of drug-likeness (QED) is 0.901. The number of hydrogen-bond donors (Lipinski definition) is 1. The number of hydrogen-bond acceptors (Lipinski definition) is 1. The van der Waals surface area contributed by atoms with Crippen molar-refractivity contribution < 1.29 is 9.18 Å². The molecule has 0 bridgehead atoms. The van der Waals surface area contributed by atoms with Crippen molar-refractivity contribution in [3.63, 3.8) is 0 Å². The van der Waals surface area contributed by atoms with Crippen LogP contribution in [-0.4, -0.2) is 5.91 Å². The maximum absolute atomic E-state index is 13.7. The molecular weight excluding hydrogens is 289 g/mol. The van der Waals surface area contributed by atoms with Gasteiger partial charge >= 0.3 is 0 Å². The maximum Gasteiger partial charge on any atom is 0.225 e. The van der Waals surface area contributed by atoms with E-state index in [0.29, 0.717) is 10.6 Å². The van der Waals surface area contributed by atoms with Gasteiger partial charge in [-0.05, 0) is 37.1 Å². The van der Waals surface area contributed by atoms with Gasteiger partial charge in [-0.3, -0.25) is 4.79 Å². The molecule has 0 aliphatic rings. The molecule has 1 atom stereocenters. The van der Waals surface area contributed by atoms with Crippen molar-refractivity contribution in [1.29, 1.82) is 0 Å². The lowest BCUT2D eigenvalue weighted by Gasteiger charge is -2.15. The number of benzene rings is 2. The molecule has 0 saturated heterocycles. The molecule has 0 unspecified atom stereocenters. The summed E-state index contributed by atoms with van der Waals surface area (Å²) in [5.74, 6) is -0.676. The highest BCUT2D eigenvalue weighted by Crippen LogP contribution is 2.16. The molecule has 110 valence electrons. The third-order valence-electron chi connectivity index (χ3n) is 3.32. The van der Waals surface area contributed by atoms with E-state index in [-0.39, 0.29) is 18.4 Å². The molecule has 0 fully saturated rings. The summed E-state index contributed by atoms with van der Waals surface area (Å²) in [5.41, 5.74) is 2.53. The SMILES string of the molecule is Cc1ccc([C@H](C)NC(=O)Cc2ccc(Cl)cc2F)cc1. The van der Waals surface area contributed by atoms with Gasteiger partial charge in [0.2, 0.25) is 5.91 Å². The number of halogens is 2. The van der Waals surface area contributed by atoms with E-state index >= 15 is 0 Å². The molecule has 0 radical (unpaired) electrons. The van der Waals surface area contributed by atoms with Crippen molar-refractivity contribution in [2.24, 2.45) is 0 Å². The third kappa shape index (κ3) is 4.30. The third-order valence-corrected chi connectivity index (χ3v) is 3.56. The number of nitrogens with one attached hydrogen (secondary N) is 1. The van der Waals surface area contributed by atoms with Gasteiger partial charge in [0.25, 0.3) is 0 Å². The molecule has 1 amide bonds. The fourth-order valence-corrected chi connectivity index (χ4v) is 2.23. The molecule has 0 heterocycles. The molecule has 0 aliphatic carbocycles. The van der Waals surface area contributed by atoms with E-state index in [4.69, 9.17) is 11.6 Å². The smallest absolute Gasteiger partial charge is 0.225 e. The van der Waals surface area contributed by atoms with Crippen molar-refractivity contribution in [2.75, 3.05) is 0 Å². The summed E-state index contributed by atoms with van der Waals surface area (Å²) in [6.07, 6.45) is -0.000790. The van der Waals surface area contributed by atoms with Crippen LogP contribution in [0.15, 0.2) is 42.5 Å². The van der Waals surface area contributed by atoms with Crippen LogP contribution in [0.25, 0.3) is 0 Å². The summed E-state index contributed by atoms with van der Waals surface area (Å²) < 4.78 is 13.7. The van der Waals surface area contributed by atoms with Gasteiger partial charge in [-0.1, -0.05) is 47.5 Å². The molecule has 0 spiro atoms. The summed E-state index contributed by atoms with van der Waals surface area (Å²) >= 11 is 5.69. The lowest BCUT2D eigenvalue weighted by Crippen LogP contribution is -2.28. The zero-order valence-electron chi connectivity index (χ0n) is 12.0. The maximum atomic E-state index is 13.7. The largest absolute Gasteiger partial charge is 0.349 e. The Morgan fingerprint density at radius 3 is 2.52 bits per heavy atom. The minimum Gasteiger partial charge on any atom is -0.349 e. The first kappa shape index (κ1) is 15.5. The molecular formula is C17H17ClFNO. The Morgan fingerprint density at radius 2 is 1.90 bits per heavy atom. The van der Waals surface area contributed by atoms with Crippen molar-refractivity contribution in [2.45, 2.75) is 26.3 Å². The molecule has 2 aromatic carbocycles. The van der Waals surface area contributed by atoms with E-state index in [1.807, 2.05) is 38.1 Å². The van der Waals surface area contributed by atoms with Crippen LogP contribution in [0.2, 0.25) is 5.02 Å². The van der Waals surface area contributed by atoms with Crippen LogP contribution in [0, 0.1) is 12.7 Å². The van der Waals surface area contributed by atoms with Crippen LogP contribution in [0.3, 0.4) is 0 Å². The second-order valence-electron chi connectivity index (χ2n) is 5.11. The standard InChI is InChI=1S/C17H17ClFNO/c1-11-3-5-13(6-4-11)12(2)20-17(21)9-14-7-8-15(18)10-16(14)19/h3-8,10,12H,9H2,1-2H3,(H,20,21)/t12-/m0/s1. The Hall–Kier alpha value is -1.87. The highest BCUT2D eigenvalue weighted by molar-refractivity contribution is 6.30.